The molecule has 0 bridgehead atoms. The van der Waals surface area contributed by atoms with E-state index in [1.54, 1.807) is 11.6 Å². The number of nitrogens with zero attached hydrogens (tertiary/aromatic N) is 1. The topological polar surface area (TPSA) is 71.1 Å². The maximum Gasteiger partial charge on any atom is 0.226 e. The third kappa shape index (κ3) is 4.96. The summed E-state index contributed by atoms with van der Waals surface area (Å²) in [4.78, 5) is 27.5. The highest BCUT2D eigenvalue weighted by molar-refractivity contribution is 7.13. The Morgan fingerprint density at radius 2 is 1.73 bits per heavy atom. The Balaban J connectivity index is 1.76. The zero-order valence-corrected chi connectivity index (χ0v) is 13.4. The minimum atomic E-state index is -0.208. The van der Waals surface area contributed by atoms with Crippen molar-refractivity contribution in [3.05, 3.63) is 41.4 Å². The molecule has 0 unspecified atom stereocenters. The highest BCUT2D eigenvalue weighted by atomic mass is 32.1. The minimum absolute atomic E-state index is 0.134. The number of carbonyl (C=O) groups excluding carboxylic acids is 2. The van der Waals surface area contributed by atoms with Crippen molar-refractivity contribution < 1.29 is 9.59 Å². The Morgan fingerprint density at radius 3 is 2.27 bits per heavy atom. The molecule has 1 aromatic heterocycles. The van der Waals surface area contributed by atoms with Crippen LogP contribution >= 0.6 is 11.3 Å². The lowest BCUT2D eigenvalue weighted by molar-refractivity contribution is -0.121. The quantitative estimate of drug-likeness (QED) is 0.854. The van der Waals surface area contributed by atoms with Gasteiger partial charge in [-0.3, -0.25) is 9.59 Å². The highest BCUT2D eigenvalue weighted by Crippen LogP contribution is 2.17. The molecule has 0 radical (unpaired) electrons. The first-order chi connectivity index (χ1) is 10.5. The molecule has 22 heavy (non-hydrogen) atoms. The van der Waals surface area contributed by atoms with Crippen LogP contribution in [-0.4, -0.2) is 16.8 Å². The average molecular weight is 317 g/mol. The van der Waals surface area contributed by atoms with E-state index < -0.39 is 0 Å². The first-order valence-electron chi connectivity index (χ1n) is 7.14. The Labute approximate surface area is 133 Å². The van der Waals surface area contributed by atoms with Gasteiger partial charge in [-0.1, -0.05) is 26.0 Å². The first kappa shape index (κ1) is 16.2. The van der Waals surface area contributed by atoms with E-state index in [0.717, 1.165) is 5.69 Å². The number of nitrogens with one attached hydrogen (secondary N) is 2. The SMILES string of the molecule is CC(C)c1ccc(NC(=O)CCC(=O)Nc2nccs2)cc1. The van der Waals surface area contributed by atoms with Crippen LogP contribution in [0.3, 0.4) is 0 Å². The number of benzene rings is 1. The second-order valence-corrected chi connectivity index (χ2v) is 6.10. The molecule has 1 heterocycles. The number of aromatic nitrogens is 1. The number of anilines is 2. The molecule has 1 aromatic carbocycles. The van der Waals surface area contributed by atoms with Crippen molar-refractivity contribution in [2.45, 2.75) is 32.6 Å². The molecule has 2 rings (SSSR count). The number of rotatable bonds is 6. The number of thiazole rings is 1. The van der Waals surface area contributed by atoms with Gasteiger partial charge in [-0.2, -0.15) is 0 Å². The summed E-state index contributed by atoms with van der Waals surface area (Å²) in [6.45, 7) is 4.24. The van der Waals surface area contributed by atoms with Crippen LogP contribution in [0.1, 0.15) is 38.2 Å². The van der Waals surface area contributed by atoms with E-state index in [4.69, 9.17) is 0 Å². The molecule has 0 spiro atoms. The lowest BCUT2D eigenvalue weighted by Gasteiger charge is -2.08. The fraction of sp³-hybridized carbons (Fsp3) is 0.312. The molecule has 0 saturated carbocycles. The van der Waals surface area contributed by atoms with E-state index >= 15 is 0 Å². The Kier molecular flexibility index (Phi) is 5.66. The van der Waals surface area contributed by atoms with E-state index in [-0.39, 0.29) is 24.7 Å². The molecule has 2 amide bonds. The molecule has 5 nitrogen and oxygen atoms in total. The molecule has 6 heteroatoms. The third-order valence-electron chi connectivity index (χ3n) is 3.12. The second kappa shape index (κ2) is 7.70. The van der Waals surface area contributed by atoms with Crippen molar-refractivity contribution in [1.82, 2.24) is 4.98 Å². The largest absolute Gasteiger partial charge is 0.326 e. The predicted molar refractivity (Wildman–Crippen MR) is 89.1 cm³/mol. The van der Waals surface area contributed by atoms with E-state index in [0.29, 0.717) is 11.0 Å². The summed E-state index contributed by atoms with van der Waals surface area (Å²) in [7, 11) is 0. The van der Waals surface area contributed by atoms with Crippen LogP contribution < -0.4 is 10.6 Å². The standard InChI is InChI=1S/C16H19N3O2S/c1-11(2)12-3-5-13(6-4-12)18-14(20)7-8-15(21)19-16-17-9-10-22-16/h3-6,9-11H,7-8H2,1-2H3,(H,18,20)(H,17,19,21). The Morgan fingerprint density at radius 1 is 1.09 bits per heavy atom. The molecule has 2 N–H and O–H groups in total. The summed E-state index contributed by atoms with van der Waals surface area (Å²) < 4.78 is 0. The monoisotopic (exact) mass is 317 g/mol. The van der Waals surface area contributed by atoms with E-state index in [1.165, 1.54) is 16.9 Å². The summed E-state index contributed by atoms with van der Waals surface area (Å²) in [5.41, 5.74) is 1.97. The summed E-state index contributed by atoms with van der Waals surface area (Å²) in [5, 5.41) is 7.77. The van der Waals surface area contributed by atoms with Crippen LogP contribution in [0.2, 0.25) is 0 Å². The van der Waals surface area contributed by atoms with E-state index in [2.05, 4.69) is 29.5 Å². The van der Waals surface area contributed by atoms with Gasteiger partial charge in [-0.15, -0.1) is 11.3 Å². The van der Waals surface area contributed by atoms with Gasteiger partial charge in [-0.25, -0.2) is 4.98 Å². The van der Waals surface area contributed by atoms with Crippen LogP contribution in [-0.2, 0) is 9.59 Å². The molecule has 2 aromatic rings. The normalized spacial score (nSPS) is 10.5. The second-order valence-electron chi connectivity index (χ2n) is 5.21. The Bertz CT molecular complexity index is 621. The van der Waals surface area contributed by atoms with Crippen LogP contribution in [0.15, 0.2) is 35.8 Å². The van der Waals surface area contributed by atoms with Crippen LogP contribution in [0, 0.1) is 0 Å². The molecule has 0 atom stereocenters. The van der Waals surface area contributed by atoms with Crippen molar-refractivity contribution in [1.29, 1.82) is 0 Å². The van der Waals surface area contributed by atoms with Crippen molar-refractivity contribution in [3.63, 3.8) is 0 Å². The fourth-order valence-corrected chi connectivity index (χ4v) is 2.41. The number of carbonyl (C=O) groups is 2. The molecule has 116 valence electrons. The van der Waals surface area contributed by atoms with Gasteiger partial charge < -0.3 is 10.6 Å². The first-order valence-corrected chi connectivity index (χ1v) is 8.01. The number of hydrogen-bond acceptors (Lipinski definition) is 4. The average Bonchev–Trinajstić information content (AvgIpc) is 2.98. The van der Waals surface area contributed by atoms with Gasteiger partial charge in [-0.05, 0) is 23.6 Å². The minimum Gasteiger partial charge on any atom is -0.326 e. The number of amides is 2. The highest BCUT2D eigenvalue weighted by Gasteiger charge is 2.09. The molecule has 0 aliphatic rings. The van der Waals surface area contributed by atoms with Gasteiger partial charge in [0.2, 0.25) is 11.8 Å². The zero-order chi connectivity index (χ0) is 15.9. The summed E-state index contributed by atoms with van der Waals surface area (Å²) in [6.07, 6.45) is 1.90. The van der Waals surface area contributed by atoms with Gasteiger partial charge in [0.15, 0.2) is 5.13 Å². The Hall–Kier alpha value is -2.21. The maximum atomic E-state index is 11.8. The maximum absolute atomic E-state index is 11.8. The summed E-state index contributed by atoms with van der Waals surface area (Å²) in [5.74, 6) is 0.0751. The van der Waals surface area contributed by atoms with Gasteiger partial charge in [0.1, 0.15) is 0 Å². The summed E-state index contributed by atoms with van der Waals surface area (Å²) >= 11 is 1.35. The molecule has 0 saturated heterocycles. The smallest absolute Gasteiger partial charge is 0.226 e. The fourth-order valence-electron chi connectivity index (χ4n) is 1.87. The lowest BCUT2D eigenvalue weighted by Crippen LogP contribution is -2.17. The molecule has 0 aliphatic carbocycles. The van der Waals surface area contributed by atoms with Gasteiger partial charge >= 0.3 is 0 Å². The summed E-state index contributed by atoms with van der Waals surface area (Å²) in [6, 6.07) is 7.75. The van der Waals surface area contributed by atoms with Crippen molar-refractivity contribution >= 4 is 34.0 Å². The van der Waals surface area contributed by atoms with Gasteiger partial charge in [0.05, 0.1) is 0 Å². The lowest BCUT2D eigenvalue weighted by atomic mass is 10.0. The van der Waals surface area contributed by atoms with Gasteiger partial charge in [0, 0.05) is 30.1 Å². The van der Waals surface area contributed by atoms with Crippen molar-refractivity contribution in [2.24, 2.45) is 0 Å². The van der Waals surface area contributed by atoms with Crippen LogP contribution in [0.25, 0.3) is 0 Å². The molecule has 0 aliphatic heterocycles. The van der Waals surface area contributed by atoms with Crippen LogP contribution in [0.4, 0.5) is 10.8 Å². The predicted octanol–water partition coefficient (Wildman–Crippen LogP) is 3.62. The van der Waals surface area contributed by atoms with Gasteiger partial charge in [0.25, 0.3) is 0 Å². The van der Waals surface area contributed by atoms with Crippen molar-refractivity contribution in [3.8, 4) is 0 Å². The molecular formula is C16H19N3O2S. The number of hydrogen-bond donors (Lipinski definition) is 2. The van der Waals surface area contributed by atoms with Crippen LogP contribution in [0.5, 0.6) is 0 Å². The zero-order valence-electron chi connectivity index (χ0n) is 12.6. The molecule has 0 fully saturated rings. The van der Waals surface area contributed by atoms with Crippen molar-refractivity contribution in [2.75, 3.05) is 10.6 Å². The van der Waals surface area contributed by atoms with E-state index in [1.807, 2.05) is 24.3 Å². The van der Waals surface area contributed by atoms with E-state index in [9.17, 15) is 9.59 Å². The molecular weight excluding hydrogens is 298 g/mol. The third-order valence-corrected chi connectivity index (χ3v) is 3.81.